The number of benzene rings is 3. The molecule has 1 heterocycles. The lowest BCUT2D eigenvalue weighted by molar-refractivity contribution is -0.117. The van der Waals surface area contributed by atoms with Gasteiger partial charge in [0, 0.05) is 37.5 Å². The van der Waals surface area contributed by atoms with Crippen molar-refractivity contribution in [2.24, 2.45) is 0 Å². The average molecular weight is 557 g/mol. The number of hydrogen-bond acceptors (Lipinski definition) is 4. The molecule has 0 radical (unpaired) electrons. The summed E-state index contributed by atoms with van der Waals surface area (Å²) in [5.74, 6) is -0.529. The van der Waals surface area contributed by atoms with Gasteiger partial charge in [0.05, 0.1) is 11.4 Å². The Morgan fingerprint density at radius 3 is 2.37 bits per heavy atom. The highest BCUT2D eigenvalue weighted by Crippen LogP contribution is 2.25. The first-order chi connectivity index (χ1) is 20.0. The summed E-state index contributed by atoms with van der Waals surface area (Å²) in [6.07, 6.45) is 5.03. The van der Waals surface area contributed by atoms with Gasteiger partial charge in [-0.15, -0.1) is 0 Å². The first-order valence-electron chi connectivity index (χ1n) is 14.1. The minimum absolute atomic E-state index is 0.143. The van der Waals surface area contributed by atoms with Gasteiger partial charge in [0.15, 0.2) is 0 Å². The Labute approximate surface area is 241 Å². The molecule has 0 atom stereocenters. The van der Waals surface area contributed by atoms with Crippen LogP contribution in [0.5, 0.6) is 0 Å². The maximum atomic E-state index is 13.6. The van der Waals surface area contributed by atoms with Crippen LogP contribution in [-0.2, 0) is 16.0 Å². The first-order valence-corrected chi connectivity index (χ1v) is 14.1. The fourth-order valence-electron chi connectivity index (χ4n) is 4.58. The van der Waals surface area contributed by atoms with E-state index in [9.17, 15) is 14.0 Å². The van der Waals surface area contributed by atoms with E-state index in [1.165, 1.54) is 29.0 Å². The minimum atomic E-state index is -0.367. The van der Waals surface area contributed by atoms with Crippen molar-refractivity contribution in [2.75, 3.05) is 32.1 Å². The zero-order valence-electron chi connectivity index (χ0n) is 23.7. The number of aromatic nitrogens is 2. The fourth-order valence-corrected chi connectivity index (χ4v) is 4.58. The first kappa shape index (κ1) is 29.7. The van der Waals surface area contributed by atoms with Gasteiger partial charge in [0.1, 0.15) is 18.2 Å². The standard InChI is InChI=1S/C33H37FN4O3/c1-3-4-6-10-25-13-15-27(16-14-25)33(40)37(21-9-22-41-2)24-32(39)35-31-23-30(26-11-7-5-8-12-26)36-38(31)29-19-17-28(34)18-20-29/h5,7-8,11-20,23H,3-4,6,9-10,21-22,24H2,1-2H3,(H,35,39). The number of carbonyl (C=O) groups is 2. The molecule has 0 unspecified atom stereocenters. The third-order valence-corrected chi connectivity index (χ3v) is 6.79. The Balaban J connectivity index is 1.53. The highest BCUT2D eigenvalue weighted by Gasteiger charge is 2.21. The molecule has 214 valence electrons. The van der Waals surface area contributed by atoms with Gasteiger partial charge < -0.3 is 15.0 Å². The van der Waals surface area contributed by atoms with Crippen molar-refractivity contribution < 1.29 is 18.7 Å². The van der Waals surface area contributed by atoms with Gasteiger partial charge in [-0.25, -0.2) is 9.07 Å². The van der Waals surface area contributed by atoms with Crippen molar-refractivity contribution in [3.63, 3.8) is 0 Å². The molecule has 41 heavy (non-hydrogen) atoms. The van der Waals surface area contributed by atoms with Gasteiger partial charge in [0.25, 0.3) is 5.91 Å². The van der Waals surface area contributed by atoms with Crippen LogP contribution in [0.4, 0.5) is 10.2 Å². The number of nitrogens with zero attached hydrogens (tertiary/aromatic N) is 3. The molecule has 4 rings (SSSR count). The number of ether oxygens (including phenoxy) is 1. The molecule has 0 aliphatic rings. The molecule has 2 amide bonds. The van der Waals surface area contributed by atoms with Crippen LogP contribution >= 0.6 is 0 Å². The van der Waals surface area contributed by atoms with Crippen LogP contribution in [-0.4, -0.2) is 53.3 Å². The lowest BCUT2D eigenvalue weighted by Crippen LogP contribution is -2.39. The number of halogens is 1. The summed E-state index contributed by atoms with van der Waals surface area (Å²) in [7, 11) is 1.61. The monoisotopic (exact) mass is 556 g/mol. The molecule has 8 heteroatoms. The summed E-state index contributed by atoms with van der Waals surface area (Å²) in [4.78, 5) is 28.3. The van der Waals surface area contributed by atoms with Crippen LogP contribution in [0, 0.1) is 5.82 Å². The molecular weight excluding hydrogens is 519 g/mol. The summed E-state index contributed by atoms with van der Waals surface area (Å²) < 4.78 is 20.4. The zero-order chi connectivity index (χ0) is 29.0. The third kappa shape index (κ3) is 8.35. The van der Waals surface area contributed by atoms with E-state index in [-0.39, 0.29) is 24.2 Å². The molecule has 0 aliphatic heterocycles. The molecular formula is C33H37FN4O3. The number of anilines is 1. The molecule has 0 saturated carbocycles. The smallest absolute Gasteiger partial charge is 0.254 e. The number of rotatable bonds is 14. The molecule has 4 aromatic rings. The van der Waals surface area contributed by atoms with E-state index < -0.39 is 0 Å². The summed E-state index contributed by atoms with van der Waals surface area (Å²) >= 11 is 0. The van der Waals surface area contributed by atoms with Gasteiger partial charge in [-0.2, -0.15) is 5.10 Å². The fraction of sp³-hybridized carbons (Fsp3) is 0.303. The van der Waals surface area contributed by atoms with Crippen LogP contribution in [0.1, 0.15) is 48.5 Å². The maximum absolute atomic E-state index is 13.6. The number of aryl methyl sites for hydroxylation is 1. The third-order valence-electron chi connectivity index (χ3n) is 6.79. The highest BCUT2D eigenvalue weighted by molar-refractivity contribution is 5.99. The van der Waals surface area contributed by atoms with Crippen LogP contribution in [0.2, 0.25) is 0 Å². The van der Waals surface area contributed by atoms with Crippen molar-refractivity contribution in [1.82, 2.24) is 14.7 Å². The Hall–Kier alpha value is -4.30. The predicted molar refractivity (Wildman–Crippen MR) is 160 cm³/mol. The van der Waals surface area contributed by atoms with E-state index in [0.29, 0.717) is 42.3 Å². The molecule has 0 aliphatic carbocycles. The van der Waals surface area contributed by atoms with Crippen LogP contribution < -0.4 is 5.32 Å². The lowest BCUT2D eigenvalue weighted by Gasteiger charge is -2.22. The Morgan fingerprint density at radius 1 is 0.951 bits per heavy atom. The molecule has 3 aromatic carbocycles. The van der Waals surface area contributed by atoms with E-state index >= 15 is 0 Å². The number of nitrogens with one attached hydrogen (secondary N) is 1. The van der Waals surface area contributed by atoms with Crippen molar-refractivity contribution >= 4 is 17.6 Å². The van der Waals surface area contributed by atoms with E-state index in [1.54, 1.807) is 30.0 Å². The van der Waals surface area contributed by atoms with Crippen LogP contribution in [0.25, 0.3) is 16.9 Å². The average Bonchev–Trinajstić information content (AvgIpc) is 3.41. The number of unbranched alkanes of at least 4 members (excludes halogenated alkanes) is 2. The molecule has 0 spiro atoms. The molecule has 7 nitrogen and oxygen atoms in total. The molecule has 0 fully saturated rings. The van der Waals surface area contributed by atoms with Crippen molar-refractivity contribution in [1.29, 1.82) is 0 Å². The Kier molecular flexibility index (Phi) is 10.8. The minimum Gasteiger partial charge on any atom is -0.385 e. The van der Waals surface area contributed by atoms with Gasteiger partial charge in [-0.05, 0) is 61.2 Å². The number of methoxy groups -OCH3 is 1. The van der Waals surface area contributed by atoms with E-state index in [2.05, 4.69) is 17.3 Å². The second-order valence-electron chi connectivity index (χ2n) is 9.94. The summed E-state index contributed by atoms with van der Waals surface area (Å²) in [5.41, 5.74) is 3.85. The maximum Gasteiger partial charge on any atom is 0.254 e. The lowest BCUT2D eigenvalue weighted by atomic mass is 10.0. The molecule has 0 saturated heterocycles. The second kappa shape index (κ2) is 14.9. The predicted octanol–water partition coefficient (Wildman–Crippen LogP) is 6.53. The molecule has 1 aromatic heterocycles. The summed E-state index contributed by atoms with van der Waals surface area (Å²) in [5, 5.41) is 7.59. The Morgan fingerprint density at radius 2 is 1.68 bits per heavy atom. The number of hydrogen-bond donors (Lipinski definition) is 1. The number of amides is 2. The zero-order valence-corrected chi connectivity index (χ0v) is 23.7. The van der Waals surface area contributed by atoms with E-state index in [4.69, 9.17) is 4.74 Å². The van der Waals surface area contributed by atoms with Gasteiger partial charge in [-0.1, -0.05) is 62.2 Å². The highest BCUT2D eigenvalue weighted by atomic mass is 19.1. The van der Waals surface area contributed by atoms with Crippen LogP contribution in [0.3, 0.4) is 0 Å². The van der Waals surface area contributed by atoms with Gasteiger partial charge in [0.2, 0.25) is 5.91 Å². The van der Waals surface area contributed by atoms with Crippen molar-refractivity contribution in [3.8, 4) is 16.9 Å². The van der Waals surface area contributed by atoms with Crippen LogP contribution in [0.15, 0.2) is 84.9 Å². The van der Waals surface area contributed by atoms with E-state index in [0.717, 1.165) is 24.8 Å². The normalized spacial score (nSPS) is 10.9. The van der Waals surface area contributed by atoms with Crippen molar-refractivity contribution in [2.45, 2.75) is 39.0 Å². The Bertz CT molecular complexity index is 1400. The second-order valence-corrected chi connectivity index (χ2v) is 9.94. The molecule has 0 bridgehead atoms. The van der Waals surface area contributed by atoms with E-state index in [1.807, 2.05) is 54.6 Å². The topological polar surface area (TPSA) is 76.5 Å². The summed E-state index contributed by atoms with van der Waals surface area (Å²) in [6.45, 7) is 2.87. The SMILES string of the molecule is CCCCCc1ccc(C(=O)N(CCCOC)CC(=O)Nc2cc(-c3ccccc3)nn2-c2ccc(F)cc2)cc1. The van der Waals surface area contributed by atoms with Crippen molar-refractivity contribution in [3.05, 3.63) is 102 Å². The number of carbonyl (C=O) groups excluding carboxylic acids is 2. The summed E-state index contributed by atoms with van der Waals surface area (Å²) in [6, 6.07) is 24.9. The van der Waals surface area contributed by atoms with Gasteiger partial charge >= 0.3 is 0 Å². The largest absolute Gasteiger partial charge is 0.385 e. The molecule has 1 N–H and O–H groups in total. The quantitative estimate of drug-likeness (QED) is 0.179. The van der Waals surface area contributed by atoms with Gasteiger partial charge in [-0.3, -0.25) is 9.59 Å².